The van der Waals surface area contributed by atoms with Crippen molar-refractivity contribution in [1.82, 2.24) is 20.2 Å². The molecule has 4 aromatic rings. The Labute approximate surface area is 226 Å². The van der Waals surface area contributed by atoms with Gasteiger partial charge in [-0.1, -0.05) is 71.2 Å². The third-order valence-electron chi connectivity index (χ3n) is 6.28. The number of benzene rings is 1. The van der Waals surface area contributed by atoms with Crippen LogP contribution in [0, 0.1) is 0 Å². The van der Waals surface area contributed by atoms with Crippen molar-refractivity contribution in [2.75, 3.05) is 0 Å². The molecule has 0 atom stereocenters. The molecule has 0 bridgehead atoms. The fourth-order valence-corrected chi connectivity index (χ4v) is 5.00. The number of unbranched alkanes of at least 4 members (excludes halogenated alkanes) is 3. The molecule has 200 valence electrons. The highest BCUT2D eigenvalue weighted by atomic mass is 32.1. The molecule has 0 spiro atoms. The second-order valence-electron chi connectivity index (χ2n) is 10.4. The Morgan fingerprint density at radius 3 is 2.29 bits per heavy atom. The van der Waals surface area contributed by atoms with Gasteiger partial charge in [0.05, 0.1) is 11.4 Å². The monoisotopic (exact) mass is 538 g/mol. The van der Waals surface area contributed by atoms with Crippen LogP contribution in [0.25, 0.3) is 34.9 Å². The number of hydrogen-bond acceptors (Lipinski definition) is 4. The molecule has 0 saturated carbocycles. The molecule has 3 aromatic heterocycles. The van der Waals surface area contributed by atoms with Crippen LogP contribution in [0.1, 0.15) is 80.1 Å². The lowest BCUT2D eigenvalue weighted by atomic mass is 9.86. The zero-order valence-electron chi connectivity index (χ0n) is 22.2. The number of aromatic nitrogens is 4. The zero-order chi connectivity index (χ0) is 27.3. The number of halogens is 3. The molecule has 0 aliphatic heterocycles. The molecule has 38 heavy (non-hydrogen) atoms. The molecule has 4 rings (SSSR count). The predicted molar refractivity (Wildman–Crippen MR) is 150 cm³/mol. The van der Waals surface area contributed by atoms with E-state index in [9.17, 15) is 13.2 Å². The Balaban J connectivity index is 1.65. The Hall–Kier alpha value is -3.26. The summed E-state index contributed by atoms with van der Waals surface area (Å²) < 4.78 is 39.6. The largest absolute Gasteiger partial charge is 0.432 e. The van der Waals surface area contributed by atoms with E-state index in [2.05, 4.69) is 55.0 Å². The van der Waals surface area contributed by atoms with E-state index in [4.69, 9.17) is 4.98 Å². The molecular formula is C30H33F3N4S. The molecular weight excluding hydrogens is 505 g/mol. The number of H-pyrrole nitrogens is 1. The first-order valence-electron chi connectivity index (χ1n) is 12.9. The van der Waals surface area contributed by atoms with Crippen LogP contribution >= 0.6 is 11.3 Å². The van der Waals surface area contributed by atoms with Crippen molar-refractivity contribution >= 4 is 23.5 Å². The molecule has 0 aliphatic rings. The smallest absolute Gasteiger partial charge is 0.273 e. The number of aryl methyl sites for hydroxylation is 1. The summed E-state index contributed by atoms with van der Waals surface area (Å²) in [6.07, 6.45) is 5.34. The van der Waals surface area contributed by atoms with Crippen molar-refractivity contribution in [3.8, 4) is 22.8 Å². The van der Waals surface area contributed by atoms with Crippen LogP contribution in [-0.4, -0.2) is 20.2 Å². The molecule has 0 unspecified atom stereocenters. The number of thiophene rings is 1. The van der Waals surface area contributed by atoms with E-state index in [1.807, 2.05) is 36.4 Å². The molecule has 4 nitrogen and oxygen atoms in total. The summed E-state index contributed by atoms with van der Waals surface area (Å²) in [5, 5.41) is 5.96. The average Bonchev–Trinajstić information content (AvgIpc) is 3.55. The molecule has 1 N–H and O–H groups in total. The topological polar surface area (TPSA) is 54.5 Å². The maximum Gasteiger partial charge on any atom is 0.432 e. The molecule has 0 aliphatic carbocycles. The van der Waals surface area contributed by atoms with Crippen LogP contribution in [0.5, 0.6) is 0 Å². The minimum absolute atomic E-state index is 0.00622. The summed E-state index contributed by atoms with van der Waals surface area (Å²) in [5.41, 5.74) is 2.07. The van der Waals surface area contributed by atoms with Gasteiger partial charge in [0.2, 0.25) is 0 Å². The quantitative estimate of drug-likeness (QED) is 0.216. The molecule has 3 heterocycles. The van der Waals surface area contributed by atoms with Gasteiger partial charge in [-0.15, -0.1) is 11.3 Å². The summed E-state index contributed by atoms with van der Waals surface area (Å²) in [6.45, 7) is 8.62. The van der Waals surface area contributed by atoms with E-state index in [1.54, 1.807) is 17.4 Å². The highest BCUT2D eigenvalue weighted by molar-refractivity contribution is 7.12. The molecule has 1 aromatic carbocycles. The normalized spacial score (nSPS) is 12.5. The average molecular weight is 539 g/mol. The third-order valence-corrected chi connectivity index (χ3v) is 7.39. The molecule has 0 fully saturated rings. The number of alkyl halides is 3. The lowest BCUT2D eigenvalue weighted by Crippen LogP contribution is -2.10. The Bertz CT molecular complexity index is 1380. The first-order valence-corrected chi connectivity index (χ1v) is 13.7. The van der Waals surface area contributed by atoms with Gasteiger partial charge < -0.3 is 0 Å². The second-order valence-corrected chi connectivity index (χ2v) is 11.6. The number of nitrogens with zero attached hydrogens (tertiary/aromatic N) is 3. The number of hydrogen-bond donors (Lipinski definition) is 1. The second kappa shape index (κ2) is 11.6. The first kappa shape index (κ1) is 27.8. The van der Waals surface area contributed by atoms with E-state index >= 15 is 0 Å². The molecule has 0 amide bonds. The van der Waals surface area contributed by atoms with E-state index < -0.39 is 11.9 Å². The molecule has 0 radical (unpaired) electrons. The summed E-state index contributed by atoms with van der Waals surface area (Å²) in [7, 11) is 0. The van der Waals surface area contributed by atoms with Gasteiger partial charge in [0.25, 0.3) is 0 Å². The van der Waals surface area contributed by atoms with Gasteiger partial charge in [0.15, 0.2) is 5.82 Å². The van der Waals surface area contributed by atoms with Crippen molar-refractivity contribution < 1.29 is 13.2 Å². The van der Waals surface area contributed by atoms with Crippen LogP contribution in [0.15, 0.2) is 48.5 Å². The van der Waals surface area contributed by atoms with E-state index in [0.29, 0.717) is 17.2 Å². The van der Waals surface area contributed by atoms with Gasteiger partial charge in [-0.2, -0.15) is 18.3 Å². The maximum atomic E-state index is 13.2. The van der Waals surface area contributed by atoms with Crippen molar-refractivity contribution in [2.45, 2.75) is 71.4 Å². The van der Waals surface area contributed by atoms with Gasteiger partial charge >= 0.3 is 6.18 Å². The van der Waals surface area contributed by atoms with Crippen LogP contribution in [-0.2, 0) is 18.0 Å². The Morgan fingerprint density at radius 2 is 1.63 bits per heavy atom. The van der Waals surface area contributed by atoms with Gasteiger partial charge in [-0.05, 0) is 60.2 Å². The van der Waals surface area contributed by atoms with Crippen molar-refractivity contribution in [3.05, 3.63) is 75.2 Å². The van der Waals surface area contributed by atoms with Gasteiger partial charge in [-0.3, -0.25) is 5.10 Å². The third kappa shape index (κ3) is 7.19. The molecule has 0 saturated heterocycles. The van der Waals surface area contributed by atoms with Crippen LogP contribution < -0.4 is 0 Å². The zero-order valence-corrected chi connectivity index (χ0v) is 23.0. The highest BCUT2D eigenvalue weighted by Gasteiger charge is 2.33. The fourth-order valence-electron chi connectivity index (χ4n) is 4.04. The van der Waals surface area contributed by atoms with E-state index in [1.165, 1.54) is 36.1 Å². The van der Waals surface area contributed by atoms with Gasteiger partial charge in [0.1, 0.15) is 11.4 Å². The standard InChI is InChI=1S/C30H33F3N4S/c1-5-6-7-8-9-23-16-17-24(38-23)15-14-22-18-25(26-19-27(37-36-26)30(31,32)33)35-28(34-22)20-10-12-21(13-11-20)29(2,3)4/h10-19H,5-9H2,1-4H3,(H,36,37)/b15-14+. The lowest BCUT2D eigenvalue weighted by molar-refractivity contribution is -0.141. The number of nitrogens with one attached hydrogen (secondary N) is 1. The van der Waals surface area contributed by atoms with Crippen LogP contribution in [0.2, 0.25) is 0 Å². The van der Waals surface area contributed by atoms with E-state index in [0.717, 1.165) is 22.9 Å². The summed E-state index contributed by atoms with van der Waals surface area (Å²) in [4.78, 5) is 11.7. The predicted octanol–water partition coefficient (Wildman–Crippen LogP) is 9.20. The maximum absolute atomic E-state index is 13.2. The van der Waals surface area contributed by atoms with Crippen LogP contribution in [0.4, 0.5) is 13.2 Å². The van der Waals surface area contributed by atoms with Crippen LogP contribution in [0.3, 0.4) is 0 Å². The first-order chi connectivity index (χ1) is 18.0. The van der Waals surface area contributed by atoms with Gasteiger partial charge in [0, 0.05) is 15.3 Å². The van der Waals surface area contributed by atoms with Crippen molar-refractivity contribution in [2.24, 2.45) is 0 Å². The number of aromatic amines is 1. The Morgan fingerprint density at radius 1 is 0.868 bits per heavy atom. The summed E-state index contributed by atoms with van der Waals surface area (Å²) >= 11 is 1.75. The lowest BCUT2D eigenvalue weighted by Gasteiger charge is -2.19. The molecule has 8 heteroatoms. The number of rotatable bonds is 9. The Kier molecular flexibility index (Phi) is 8.51. The highest BCUT2D eigenvalue weighted by Crippen LogP contribution is 2.31. The minimum Gasteiger partial charge on any atom is -0.273 e. The summed E-state index contributed by atoms with van der Waals surface area (Å²) in [5.74, 6) is 0.432. The minimum atomic E-state index is -4.51. The SMILES string of the molecule is CCCCCCc1ccc(/C=C/c2cc(-c3cc(C(F)(F)F)[nH]n3)nc(-c3ccc(C(C)(C)C)cc3)n2)s1. The van der Waals surface area contributed by atoms with E-state index in [-0.39, 0.29) is 11.1 Å². The van der Waals surface area contributed by atoms with Crippen molar-refractivity contribution in [1.29, 1.82) is 0 Å². The van der Waals surface area contributed by atoms with Crippen molar-refractivity contribution in [3.63, 3.8) is 0 Å². The van der Waals surface area contributed by atoms with Gasteiger partial charge in [-0.25, -0.2) is 9.97 Å². The summed E-state index contributed by atoms with van der Waals surface area (Å²) in [6, 6.07) is 14.9. The fraction of sp³-hybridized carbons (Fsp3) is 0.367.